The molecule has 2 aromatic rings. The van der Waals surface area contributed by atoms with Crippen LogP contribution in [-0.4, -0.2) is 11.7 Å². The summed E-state index contributed by atoms with van der Waals surface area (Å²) in [6, 6.07) is 10.7. The average Bonchev–Trinajstić information content (AvgIpc) is 2.84. The maximum absolute atomic E-state index is 5.06. The molecule has 0 radical (unpaired) electrons. The summed E-state index contributed by atoms with van der Waals surface area (Å²) < 4.78 is 5.06. The largest absolute Gasteiger partial charge is 0.361 e. The molecular formula is C15H20N2OS. The van der Waals surface area contributed by atoms with Crippen LogP contribution >= 0.6 is 11.8 Å². The Morgan fingerprint density at radius 1 is 1.26 bits per heavy atom. The normalized spacial score (nSPS) is 10.8. The van der Waals surface area contributed by atoms with E-state index >= 15 is 0 Å². The summed E-state index contributed by atoms with van der Waals surface area (Å²) in [5.41, 5.74) is 2.33. The molecule has 0 spiro atoms. The summed E-state index contributed by atoms with van der Waals surface area (Å²) in [4.78, 5) is 1.26. The van der Waals surface area contributed by atoms with Gasteiger partial charge in [0.05, 0.1) is 5.69 Å². The van der Waals surface area contributed by atoms with Gasteiger partial charge in [-0.2, -0.15) is 0 Å². The second-order valence-corrected chi connectivity index (χ2v) is 5.59. The summed E-state index contributed by atoms with van der Waals surface area (Å²) in [7, 11) is 0. The van der Waals surface area contributed by atoms with E-state index in [9.17, 15) is 0 Å². The minimum atomic E-state index is 0.852. The van der Waals surface area contributed by atoms with Crippen molar-refractivity contribution in [3.8, 4) is 0 Å². The summed E-state index contributed by atoms with van der Waals surface area (Å²) in [5, 5.41) is 7.39. The van der Waals surface area contributed by atoms with E-state index in [0.29, 0.717) is 0 Å². The highest BCUT2D eigenvalue weighted by Gasteiger charge is 2.01. The number of thioether (sulfide) groups is 1. The van der Waals surface area contributed by atoms with Crippen molar-refractivity contribution in [2.45, 2.75) is 37.5 Å². The molecule has 0 aliphatic rings. The summed E-state index contributed by atoms with van der Waals surface area (Å²) >= 11 is 1.78. The lowest BCUT2D eigenvalue weighted by Crippen LogP contribution is -2.13. The van der Waals surface area contributed by atoms with Crippen molar-refractivity contribution in [2.75, 3.05) is 6.54 Å². The number of hydrogen-bond donors (Lipinski definition) is 1. The van der Waals surface area contributed by atoms with Gasteiger partial charge in [0.1, 0.15) is 5.76 Å². The third kappa shape index (κ3) is 4.73. The van der Waals surface area contributed by atoms with E-state index < -0.39 is 0 Å². The first kappa shape index (κ1) is 14.2. The lowest BCUT2D eigenvalue weighted by Gasteiger charge is -2.04. The summed E-state index contributed by atoms with van der Waals surface area (Å²) in [5.74, 6) is 1.72. The highest BCUT2D eigenvalue weighted by Crippen LogP contribution is 2.22. The molecule has 1 aromatic heterocycles. The van der Waals surface area contributed by atoms with Crippen LogP contribution in [0.3, 0.4) is 0 Å². The van der Waals surface area contributed by atoms with E-state index in [1.807, 2.05) is 13.0 Å². The first-order valence-corrected chi connectivity index (χ1v) is 7.61. The SMILES string of the molecule is CCCNCc1ccc(SCc2cc(C)on2)cc1. The van der Waals surface area contributed by atoms with Crippen LogP contribution in [0.1, 0.15) is 30.4 Å². The Bertz CT molecular complexity index is 493. The fraction of sp³-hybridized carbons (Fsp3) is 0.400. The van der Waals surface area contributed by atoms with Crippen LogP contribution in [0.2, 0.25) is 0 Å². The lowest BCUT2D eigenvalue weighted by molar-refractivity contribution is 0.393. The topological polar surface area (TPSA) is 38.1 Å². The van der Waals surface area contributed by atoms with Gasteiger partial charge >= 0.3 is 0 Å². The molecule has 1 N–H and O–H groups in total. The second kappa shape index (κ2) is 7.36. The fourth-order valence-electron chi connectivity index (χ4n) is 1.76. The molecule has 0 saturated carbocycles. The predicted octanol–water partition coefficient (Wildman–Crippen LogP) is 3.77. The second-order valence-electron chi connectivity index (χ2n) is 4.54. The van der Waals surface area contributed by atoms with Crippen molar-refractivity contribution in [3.05, 3.63) is 47.3 Å². The van der Waals surface area contributed by atoms with Crippen LogP contribution in [0.5, 0.6) is 0 Å². The van der Waals surface area contributed by atoms with Gasteiger partial charge in [-0.3, -0.25) is 0 Å². The number of aryl methyl sites for hydroxylation is 1. The molecule has 0 unspecified atom stereocenters. The Morgan fingerprint density at radius 3 is 2.68 bits per heavy atom. The zero-order chi connectivity index (χ0) is 13.5. The van der Waals surface area contributed by atoms with Crippen molar-refractivity contribution in [1.82, 2.24) is 10.5 Å². The van der Waals surface area contributed by atoms with E-state index in [0.717, 1.165) is 30.3 Å². The van der Waals surface area contributed by atoms with Gasteiger partial charge in [-0.15, -0.1) is 11.8 Å². The quantitative estimate of drug-likeness (QED) is 0.617. The molecule has 0 saturated heterocycles. The van der Waals surface area contributed by atoms with Crippen molar-refractivity contribution in [1.29, 1.82) is 0 Å². The Labute approximate surface area is 118 Å². The van der Waals surface area contributed by atoms with E-state index in [1.54, 1.807) is 11.8 Å². The van der Waals surface area contributed by atoms with Crippen LogP contribution in [0.4, 0.5) is 0 Å². The maximum atomic E-state index is 5.06. The number of rotatable bonds is 7. The van der Waals surface area contributed by atoms with E-state index in [4.69, 9.17) is 4.52 Å². The highest BCUT2D eigenvalue weighted by atomic mass is 32.2. The van der Waals surface area contributed by atoms with Crippen LogP contribution in [0.25, 0.3) is 0 Å². The first-order valence-electron chi connectivity index (χ1n) is 6.62. The van der Waals surface area contributed by atoms with Crippen LogP contribution in [0, 0.1) is 6.92 Å². The molecular weight excluding hydrogens is 256 g/mol. The predicted molar refractivity (Wildman–Crippen MR) is 79.2 cm³/mol. The van der Waals surface area contributed by atoms with Crippen molar-refractivity contribution in [3.63, 3.8) is 0 Å². The molecule has 19 heavy (non-hydrogen) atoms. The van der Waals surface area contributed by atoms with Crippen molar-refractivity contribution < 1.29 is 4.52 Å². The number of hydrogen-bond acceptors (Lipinski definition) is 4. The molecule has 1 heterocycles. The Balaban J connectivity index is 1.81. The van der Waals surface area contributed by atoms with Gasteiger partial charge in [0.25, 0.3) is 0 Å². The minimum Gasteiger partial charge on any atom is -0.361 e. The van der Waals surface area contributed by atoms with Gasteiger partial charge in [0.15, 0.2) is 0 Å². The lowest BCUT2D eigenvalue weighted by atomic mass is 10.2. The summed E-state index contributed by atoms with van der Waals surface area (Å²) in [6.45, 7) is 6.11. The zero-order valence-corrected chi connectivity index (χ0v) is 12.3. The molecule has 0 aliphatic carbocycles. The molecule has 0 bridgehead atoms. The monoisotopic (exact) mass is 276 g/mol. The molecule has 0 atom stereocenters. The number of benzene rings is 1. The Hall–Kier alpha value is -1.26. The smallest absolute Gasteiger partial charge is 0.133 e. The number of aromatic nitrogens is 1. The highest BCUT2D eigenvalue weighted by molar-refractivity contribution is 7.98. The molecule has 0 aliphatic heterocycles. The number of nitrogens with zero attached hydrogens (tertiary/aromatic N) is 1. The molecule has 0 amide bonds. The van der Waals surface area contributed by atoms with Gasteiger partial charge in [-0.1, -0.05) is 24.2 Å². The van der Waals surface area contributed by atoms with Gasteiger partial charge < -0.3 is 9.84 Å². The minimum absolute atomic E-state index is 0.852. The third-order valence-electron chi connectivity index (χ3n) is 2.74. The molecule has 4 heteroatoms. The molecule has 1 aromatic carbocycles. The van der Waals surface area contributed by atoms with Crippen molar-refractivity contribution in [2.24, 2.45) is 0 Å². The van der Waals surface area contributed by atoms with Gasteiger partial charge in [-0.25, -0.2) is 0 Å². The van der Waals surface area contributed by atoms with E-state index in [-0.39, 0.29) is 0 Å². The van der Waals surface area contributed by atoms with Crippen LogP contribution < -0.4 is 5.32 Å². The fourth-order valence-corrected chi connectivity index (χ4v) is 2.54. The van der Waals surface area contributed by atoms with Gasteiger partial charge in [0.2, 0.25) is 0 Å². The zero-order valence-electron chi connectivity index (χ0n) is 11.5. The molecule has 102 valence electrons. The van der Waals surface area contributed by atoms with Gasteiger partial charge in [-0.05, 0) is 37.6 Å². The van der Waals surface area contributed by atoms with Crippen molar-refractivity contribution >= 4 is 11.8 Å². The Morgan fingerprint density at radius 2 is 2.05 bits per heavy atom. The number of nitrogens with one attached hydrogen (secondary N) is 1. The molecule has 2 rings (SSSR count). The standard InChI is InChI=1S/C15H20N2OS/c1-3-8-16-10-13-4-6-15(7-5-13)19-11-14-9-12(2)18-17-14/h4-7,9,16H,3,8,10-11H2,1-2H3. The van der Waals surface area contributed by atoms with Gasteiger partial charge in [0, 0.05) is 23.3 Å². The average molecular weight is 276 g/mol. The van der Waals surface area contributed by atoms with E-state index in [1.165, 1.54) is 16.9 Å². The Kier molecular flexibility index (Phi) is 5.48. The maximum Gasteiger partial charge on any atom is 0.133 e. The first-order chi connectivity index (χ1) is 9.28. The summed E-state index contributed by atoms with van der Waals surface area (Å²) in [6.07, 6.45) is 1.17. The third-order valence-corrected chi connectivity index (χ3v) is 3.79. The van der Waals surface area contributed by atoms with Crippen LogP contribution in [-0.2, 0) is 12.3 Å². The van der Waals surface area contributed by atoms with Crippen LogP contribution in [0.15, 0.2) is 39.8 Å². The molecule has 0 fully saturated rings. The molecule has 3 nitrogen and oxygen atoms in total. The van der Waals surface area contributed by atoms with E-state index in [2.05, 4.69) is 41.7 Å².